The van der Waals surface area contributed by atoms with Crippen molar-refractivity contribution in [2.45, 2.75) is 35.2 Å². The third-order valence-corrected chi connectivity index (χ3v) is 9.30. The molecule has 1 amide bonds. The van der Waals surface area contributed by atoms with Crippen molar-refractivity contribution in [1.29, 1.82) is 0 Å². The molecule has 0 saturated carbocycles. The number of carbonyl (C=O) groups excluding carboxylic acids is 1. The smallest absolute Gasteiger partial charge is 0.253 e. The Hall–Kier alpha value is -2.27. The summed E-state index contributed by atoms with van der Waals surface area (Å²) in [5.41, 5.74) is 1.36. The molecule has 2 fully saturated rings. The predicted octanol–water partition coefficient (Wildman–Crippen LogP) is 1.92. The van der Waals surface area contributed by atoms with Crippen LogP contribution < -0.4 is 0 Å². The lowest BCUT2D eigenvalue weighted by molar-refractivity contribution is 0.0444. The van der Waals surface area contributed by atoms with Gasteiger partial charge in [0.2, 0.25) is 0 Å². The number of likely N-dealkylation sites (tertiary alicyclic amines) is 1. The summed E-state index contributed by atoms with van der Waals surface area (Å²) in [7, 11) is -6.53. The molecule has 0 N–H and O–H groups in total. The molecule has 10 heteroatoms. The second-order valence-corrected chi connectivity index (χ2v) is 13.5. The van der Waals surface area contributed by atoms with Crippen molar-refractivity contribution in [2.24, 2.45) is 0 Å². The number of amides is 1. The van der Waals surface area contributed by atoms with Crippen molar-refractivity contribution in [2.75, 3.05) is 51.8 Å². The van der Waals surface area contributed by atoms with E-state index >= 15 is 0 Å². The quantitative estimate of drug-likeness (QED) is 0.575. The van der Waals surface area contributed by atoms with Gasteiger partial charge in [-0.15, -0.1) is 0 Å². The van der Waals surface area contributed by atoms with Crippen LogP contribution in [0.2, 0.25) is 0 Å². The van der Waals surface area contributed by atoms with Crippen LogP contribution in [0.4, 0.5) is 0 Å². The standard InChI is InChI=1S/C25H33N3O5S2/c1-34(30,31)23-9-7-20(8-10-23)25(29)28-17-15-27(16-18-28)22-11-13-26(14-12-22)19-21-5-3-4-6-24(21)35(2,32)33/h3-10,22H,11-19H2,1-2H3. The summed E-state index contributed by atoms with van der Waals surface area (Å²) in [5.74, 6) is -0.0657. The van der Waals surface area contributed by atoms with Crippen LogP contribution in [0, 0.1) is 0 Å². The van der Waals surface area contributed by atoms with Crippen molar-refractivity contribution in [3.8, 4) is 0 Å². The molecule has 0 radical (unpaired) electrons. The van der Waals surface area contributed by atoms with E-state index in [-0.39, 0.29) is 10.8 Å². The van der Waals surface area contributed by atoms with E-state index in [2.05, 4.69) is 9.80 Å². The fraction of sp³-hybridized carbons (Fsp3) is 0.480. The molecule has 2 aromatic rings. The summed E-state index contributed by atoms with van der Waals surface area (Å²) >= 11 is 0. The first kappa shape index (κ1) is 25.8. The summed E-state index contributed by atoms with van der Waals surface area (Å²) in [4.78, 5) is 20.1. The van der Waals surface area contributed by atoms with E-state index in [0.29, 0.717) is 36.1 Å². The largest absolute Gasteiger partial charge is 0.336 e. The van der Waals surface area contributed by atoms with Gasteiger partial charge in [0.25, 0.3) is 5.91 Å². The van der Waals surface area contributed by atoms with Crippen LogP contribution in [0.25, 0.3) is 0 Å². The topological polar surface area (TPSA) is 95.1 Å². The van der Waals surface area contributed by atoms with Crippen molar-refractivity contribution >= 4 is 25.6 Å². The molecular weight excluding hydrogens is 486 g/mol. The molecule has 190 valence electrons. The molecule has 2 aliphatic heterocycles. The highest BCUT2D eigenvalue weighted by Crippen LogP contribution is 2.23. The number of benzene rings is 2. The monoisotopic (exact) mass is 519 g/mol. The lowest BCUT2D eigenvalue weighted by Gasteiger charge is -2.43. The van der Waals surface area contributed by atoms with Crippen LogP contribution in [-0.4, -0.2) is 95.3 Å². The average molecular weight is 520 g/mol. The normalized spacial score (nSPS) is 19.1. The molecule has 0 bridgehead atoms. The number of hydrogen-bond donors (Lipinski definition) is 0. The van der Waals surface area contributed by atoms with Crippen LogP contribution in [0.1, 0.15) is 28.8 Å². The van der Waals surface area contributed by atoms with Crippen molar-refractivity contribution < 1.29 is 21.6 Å². The molecule has 0 spiro atoms. The zero-order valence-electron chi connectivity index (χ0n) is 20.3. The van der Waals surface area contributed by atoms with Gasteiger partial charge in [-0.1, -0.05) is 18.2 Å². The highest BCUT2D eigenvalue weighted by molar-refractivity contribution is 7.91. The van der Waals surface area contributed by atoms with Gasteiger partial charge < -0.3 is 4.90 Å². The van der Waals surface area contributed by atoms with Gasteiger partial charge in [0, 0.05) is 56.8 Å². The van der Waals surface area contributed by atoms with Crippen molar-refractivity contribution in [1.82, 2.24) is 14.7 Å². The van der Waals surface area contributed by atoms with Crippen LogP contribution in [0.3, 0.4) is 0 Å². The Morgan fingerprint density at radius 3 is 1.97 bits per heavy atom. The molecule has 35 heavy (non-hydrogen) atoms. The Bertz CT molecular complexity index is 1260. The molecule has 2 aliphatic rings. The molecule has 2 aromatic carbocycles. The van der Waals surface area contributed by atoms with E-state index in [4.69, 9.17) is 0 Å². The van der Waals surface area contributed by atoms with Gasteiger partial charge in [0.15, 0.2) is 19.7 Å². The van der Waals surface area contributed by atoms with E-state index in [9.17, 15) is 21.6 Å². The van der Waals surface area contributed by atoms with Gasteiger partial charge in [0.1, 0.15) is 0 Å². The van der Waals surface area contributed by atoms with E-state index in [0.717, 1.165) is 50.8 Å². The van der Waals surface area contributed by atoms with E-state index in [1.807, 2.05) is 17.0 Å². The third-order valence-electron chi connectivity index (χ3n) is 6.97. The number of nitrogens with zero attached hydrogens (tertiary/aromatic N) is 3. The van der Waals surface area contributed by atoms with Crippen molar-refractivity contribution in [3.63, 3.8) is 0 Å². The van der Waals surface area contributed by atoms with Gasteiger partial charge >= 0.3 is 0 Å². The molecule has 2 heterocycles. The Balaban J connectivity index is 1.27. The first-order valence-corrected chi connectivity index (χ1v) is 15.6. The zero-order valence-corrected chi connectivity index (χ0v) is 21.9. The molecule has 0 aromatic heterocycles. The summed E-state index contributed by atoms with van der Waals surface area (Å²) in [5, 5.41) is 0. The van der Waals surface area contributed by atoms with E-state index < -0.39 is 19.7 Å². The van der Waals surface area contributed by atoms with E-state index in [1.54, 1.807) is 24.3 Å². The highest BCUT2D eigenvalue weighted by atomic mass is 32.2. The van der Waals surface area contributed by atoms with Gasteiger partial charge in [0.05, 0.1) is 9.79 Å². The van der Waals surface area contributed by atoms with Crippen LogP contribution in [0.15, 0.2) is 58.3 Å². The maximum absolute atomic E-state index is 12.9. The van der Waals surface area contributed by atoms with Crippen LogP contribution in [0.5, 0.6) is 0 Å². The summed E-state index contributed by atoms with van der Waals surface area (Å²) in [6.45, 7) is 5.38. The second kappa shape index (κ2) is 10.4. The summed E-state index contributed by atoms with van der Waals surface area (Å²) in [6.07, 6.45) is 4.44. The Morgan fingerprint density at radius 1 is 0.800 bits per heavy atom. The first-order valence-electron chi connectivity index (χ1n) is 11.9. The highest BCUT2D eigenvalue weighted by Gasteiger charge is 2.29. The minimum absolute atomic E-state index is 0.0657. The molecule has 0 aliphatic carbocycles. The zero-order chi connectivity index (χ0) is 25.2. The second-order valence-electron chi connectivity index (χ2n) is 9.51. The Morgan fingerprint density at radius 2 is 1.40 bits per heavy atom. The average Bonchev–Trinajstić information content (AvgIpc) is 2.83. The maximum atomic E-state index is 12.9. The van der Waals surface area contributed by atoms with Crippen LogP contribution >= 0.6 is 0 Å². The molecule has 0 atom stereocenters. The fourth-order valence-corrected chi connectivity index (χ4v) is 6.56. The Labute approximate surface area is 208 Å². The van der Waals surface area contributed by atoms with Crippen molar-refractivity contribution in [3.05, 3.63) is 59.7 Å². The van der Waals surface area contributed by atoms with E-state index in [1.165, 1.54) is 18.4 Å². The lowest BCUT2D eigenvalue weighted by Crippen LogP contribution is -2.54. The number of piperazine rings is 1. The Kier molecular flexibility index (Phi) is 7.65. The number of sulfone groups is 2. The van der Waals surface area contributed by atoms with Crippen LogP contribution in [-0.2, 0) is 26.2 Å². The maximum Gasteiger partial charge on any atom is 0.253 e. The number of hydrogen-bond acceptors (Lipinski definition) is 7. The number of rotatable bonds is 6. The summed E-state index contributed by atoms with van der Waals surface area (Å²) in [6, 6.07) is 13.8. The SMILES string of the molecule is CS(=O)(=O)c1ccc(C(=O)N2CCN(C3CCN(Cc4ccccc4S(C)(=O)=O)CC3)CC2)cc1. The minimum Gasteiger partial charge on any atom is -0.336 e. The van der Waals surface area contributed by atoms with Gasteiger partial charge in [-0.2, -0.15) is 0 Å². The van der Waals surface area contributed by atoms with Gasteiger partial charge in [-0.05, 0) is 61.8 Å². The fourth-order valence-electron chi connectivity index (χ4n) is 5.00. The third kappa shape index (κ3) is 6.30. The predicted molar refractivity (Wildman–Crippen MR) is 135 cm³/mol. The number of carbonyl (C=O) groups is 1. The van der Waals surface area contributed by atoms with Gasteiger partial charge in [-0.25, -0.2) is 16.8 Å². The number of piperidine rings is 1. The first-order chi connectivity index (χ1) is 16.5. The molecule has 8 nitrogen and oxygen atoms in total. The lowest BCUT2D eigenvalue weighted by atomic mass is 10.0. The molecule has 4 rings (SSSR count). The molecule has 0 unspecified atom stereocenters. The minimum atomic E-state index is -3.28. The molecular formula is C25H33N3O5S2. The van der Waals surface area contributed by atoms with Gasteiger partial charge in [-0.3, -0.25) is 14.6 Å². The molecule has 2 saturated heterocycles. The summed E-state index contributed by atoms with van der Waals surface area (Å²) < 4.78 is 47.5.